The van der Waals surface area contributed by atoms with Crippen LogP contribution < -0.4 is 9.47 Å². The lowest BCUT2D eigenvalue weighted by atomic mass is 10.2. The Morgan fingerprint density at radius 3 is 2.26 bits per heavy atom. The maximum absolute atomic E-state index is 12.8. The highest BCUT2D eigenvalue weighted by Crippen LogP contribution is 2.47. The summed E-state index contributed by atoms with van der Waals surface area (Å²) in [4.78, 5) is 0. The van der Waals surface area contributed by atoms with Crippen LogP contribution >= 0.6 is 0 Å². The van der Waals surface area contributed by atoms with Gasteiger partial charge in [-0.05, 0) is 12.1 Å². The molecule has 0 fully saturated rings. The Labute approximate surface area is 107 Å². The molecule has 1 unspecified atom stereocenters. The molecule has 0 spiro atoms. The predicted molar refractivity (Wildman–Crippen MR) is 61.9 cm³/mol. The molecule has 0 amide bonds. The van der Waals surface area contributed by atoms with Crippen LogP contribution in [0, 0.1) is 0 Å². The van der Waals surface area contributed by atoms with Crippen LogP contribution in [0.25, 0.3) is 0 Å². The van der Waals surface area contributed by atoms with Gasteiger partial charge in [-0.25, -0.2) is 0 Å². The zero-order valence-electron chi connectivity index (χ0n) is 9.65. The third-order valence-corrected chi connectivity index (χ3v) is 2.81. The molecule has 2 aromatic carbocycles. The van der Waals surface area contributed by atoms with Crippen LogP contribution in [0.15, 0.2) is 48.5 Å². The van der Waals surface area contributed by atoms with Crippen molar-refractivity contribution in [1.82, 2.24) is 0 Å². The molecule has 0 aliphatic carbocycles. The summed E-state index contributed by atoms with van der Waals surface area (Å²) >= 11 is 0. The fourth-order valence-corrected chi connectivity index (χ4v) is 1.95. The highest BCUT2D eigenvalue weighted by molar-refractivity contribution is 5.50. The van der Waals surface area contributed by atoms with Gasteiger partial charge in [0.15, 0.2) is 11.5 Å². The van der Waals surface area contributed by atoms with Crippen molar-refractivity contribution in [2.24, 2.45) is 0 Å². The number of alkyl halides is 3. The minimum absolute atomic E-state index is 0.115. The van der Waals surface area contributed by atoms with Gasteiger partial charge in [0.25, 0.3) is 6.29 Å². The van der Waals surface area contributed by atoms with Crippen molar-refractivity contribution >= 4 is 0 Å². The van der Waals surface area contributed by atoms with Gasteiger partial charge in [0.2, 0.25) is 0 Å². The Kier molecular flexibility index (Phi) is 2.62. The lowest BCUT2D eigenvalue weighted by molar-refractivity contribution is -0.139. The van der Waals surface area contributed by atoms with E-state index in [1.165, 1.54) is 12.1 Å². The molecule has 0 saturated heterocycles. The third-order valence-electron chi connectivity index (χ3n) is 2.81. The van der Waals surface area contributed by atoms with Crippen molar-refractivity contribution in [3.63, 3.8) is 0 Å². The lowest BCUT2D eigenvalue weighted by Crippen LogP contribution is -2.09. The van der Waals surface area contributed by atoms with E-state index in [1.54, 1.807) is 24.3 Å². The summed E-state index contributed by atoms with van der Waals surface area (Å²) in [5, 5.41) is 0. The van der Waals surface area contributed by atoms with E-state index in [9.17, 15) is 13.2 Å². The van der Waals surface area contributed by atoms with E-state index in [0.717, 1.165) is 6.07 Å². The first-order chi connectivity index (χ1) is 9.05. The van der Waals surface area contributed by atoms with E-state index in [0.29, 0.717) is 5.56 Å². The number of halogens is 3. The largest absolute Gasteiger partial charge is 0.447 e. The lowest BCUT2D eigenvalue weighted by Gasteiger charge is -2.11. The molecule has 0 aromatic heterocycles. The van der Waals surface area contributed by atoms with Gasteiger partial charge in [0.05, 0.1) is 0 Å². The van der Waals surface area contributed by atoms with Crippen molar-refractivity contribution in [2.45, 2.75) is 12.5 Å². The van der Waals surface area contributed by atoms with Crippen molar-refractivity contribution in [3.8, 4) is 11.5 Å². The minimum Gasteiger partial charge on any atom is -0.447 e. The normalized spacial score (nSPS) is 17.5. The predicted octanol–water partition coefficient (Wildman–Crippen LogP) is 4.18. The topological polar surface area (TPSA) is 18.5 Å². The van der Waals surface area contributed by atoms with Crippen molar-refractivity contribution in [1.29, 1.82) is 0 Å². The fourth-order valence-electron chi connectivity index (χ4n) is 1.95. The smallest absolute Gasteiger partial charge is 0.420 e. The van der Waals surface area contributed by atoms with Gasteiger partial charge in [-0.3, -0.25) is 0 Å². The number of para-hydroxylation sites is 1. The number of fused-ring (bicyclic) bond motifs is 1. The average Bonchev–Trinajstić information content (AvgIpc) is 2.82. The summed E-state index contributed by atoms with van der Waals surface area (Å²) in [6, 6.07) is 12.6. The van der Waals surface area contributed by atoms with E-state index < -0.39 is 18.0 Å². The Balaban J connectivity index is 1.97. The van der Waals surface area contributed by atoms with Crippen LogP contribution in [-0.2, 0) is 6.18 Å². The fraction of sp³-hybridized carbons (Fsp3) is 0.143. The second kappa shape index (κ2) is 4.19. The van der Waals surface area contributed by atoms with Crippen molar-refractivity contribution in [3.05, 3.63) is 59.7 Å². The molecule has 98 valence electrons. The molecule has 3 rings (SSSR count). The number of ether oxygens (including phenoxy) is 2. The molecule has 1 atom stereocenters. The molecule has 5 heteroatoms. The first kappa shape index (κ1) is 11.9. The molecular formula is C14H9F3O2. The van der Waals surface area contributed by atoms with Crippen LogP contribution in [0.2, 0.25) is 0 Å². The maximum Gasteiger partial charge on any atom is 0.420 e. The summed E-state index contributed by atoms with van der Waals surface area (Å²) in [6.45, 7) is 0. The highest BCUT2D eigenvalue weighted by Gasteiger charge is 2.39. The van der Waals surface area contributed by atoms with Gasteiger partial charge in [-0.15, -0.1) is 0 Å². The number of hydrogen-bond acceptors (Lipinski definition) is 2. The number of benzene rings is 2. The van der Waals surface area contributed by atoms with E-state index in [4.69, 9.17) is 9.47 Å². The van der Waals surface area contributed by atoms with E-state index >= 15 is 0 Å². The van der Waals surface area contributed by atoms with E-state index in [-0.39, 0.29) is 11.5 Å². The van der Waals surface area contributed by atoms with Gasteiger partial charge in [0.1, 0.15) is 5.56 Å². The molecule has 1 aliphatic rings. The first-order valence-corrected chi connectivity index (χ1v) is 5.64. The summed E-state index contributed by atoms with van der Waals surface area (Å²) in [5.41, 5.74) is -0.143. The molecular weight excluding hydrogens is 257 g/mol. The van der Waals surface area contributed by atoms with Crippen LogP contribution in [0.4, 0.5) is 13.2 Å². The van der Waals surface area contributed by atoms with E-state index in [1.807, 2.05) is 6.07 Å². The molecule has 19 heavy (non-hydrogen) atoms. The SMILES string of the molecule is FC(F)(F)c1cccc2c1OC(c1ccccc1)O2. The zero-order chi connectivity index (χ0) is 13.5. The van der Waals surface area contributed by atoms with Crippen LogP contribution in [0.3, 0.4) is 0 Å². The zero-order valence-corrected chi connectivity index (χ0v) is 9.65. The Bertz CT molecular complexity index is 593. The molecule has 2 nitrogen and oxygen atoms in total. The van der Waals surface area contributed by atoms with Crippen LogP contribution in [-0.4, -0.2) is 0 Å². The number of rotatable bonds is 1. The second-order valence-electron chi connectivity index (χ2n) is 4.11. The van der Waals surface area contributed by atoms with E-state index in [2.05, 4.69) is 0 Å². The second-order valence-corrected chi connectivity index (χ2v) is 4.11. The average molecular weight is 266 g/mol. The monoisotopic (exact) mass is 266 g/mol. The quantitative estimate of drug-likeness (QED) is 0.771. The van der Waals surface area contributed by atoms with Gasteiger partial charge < -0.3 is 9.47 Å². The third kappa shape index (κ3) is 2.12. The van der Waals surface area contributed by atoms with Gasteiger partial charge in [-0.2, -0.15) is 13.2 Å². The molecule has 0 bridgehead atoms. The summed E-state index contributed by atoms with van der Waals surface area (Å²) in [7, 11) is 0. The maximum atomic E-state index is 12.8. The molecule has 0 saturated carbocycles. The molecule has 1 aliphatic heterocycles. The summed E-state index contributed by atoms with van der Waals surface area (Å²) in [6.07, 6.45) is -5.29. The number of hydrogen-bond donors (Lipinski definition) is 0. The standard InChI is InChI=1S/C14H9F3O2/c15-14(16,17)10-7-4-8-11-12(10)19-13(18-11)9-5-2-1-3-6-9/h1-8,13H. The van der Waals surface area contributed by atoms with Crippen molar-refractivity contribution < 1.29 is 22.6 Å². The highest BCUT2D eigenvalue weighted by atomic mass is 19.4. The summed E-state index contributed by atoms with van der Waals surface area (Å²) < 4.78 is 49.2. The van der Waals surface area contributed by atoms with Gasteiger partial charge >= 0.3 is 6.18 Å². The first-order valence-electron chi connectivity index (χ1n) is 5.64. The molecule has 0 N–H and O–H groups in total. The van der Waals surface area contributed by atoms with Gasteiger partial charge in [-0.1, -0.05) is 36.4 Å². The summed E-state index contributed by atoms with van der Waals surface area (Å²) in [5.74, 6) is -0.132. The molecule has 1 heterocycles. The Hall–Kier alpha value is -2.17. The molecule has 2 aromatic rings. The Morgan fingerprint density at radius 1 is 0.842 bits per heavy atom. The van der Waals surface area contributed by atoms with Crippen molar-refractivity contribution in [2.75, 3.05) is 0 Å². The Morgan fingerprint density at radius 2 is 1.58 bits per heavy atom. The van der Waals surface area contributed by atoms with Crippen LogP contribution in [0.1, 0.15) is 17.4 Å². The van der Waals surface area contributed by atoms with Gasteiger partial charge in [0, 0.05) is 5.56 Å². The van der Waals surface area contributed by atoms with Crippen LogP contribution in [0.5, 0.6) is 11.5 Å². The molecule has 0 radical (unpaired) electrons. The minimum atomic E-state index is -4.46.